The molecule has 1 rings (SSSR count). The zero-order valence-corrected chi connectivity index (χ0v) is 10.2. The molecule has 1 amide bonds. The van der Waals surface area contributed by atoms with Crippen LogP contribution in [0.1, 0.15) is 10.4 Å². The lowest BCUT2D eigenvalue weighted by atomic mass is 10.2. The van der Waals surface area contributed by atoms with Crippen molar-refractivity contribution in [3.63, 3.8) is 0 Å². The highest BCUT2D eigenvalue weighted by Gasteiger charge is 2.32. The monoisotopic (exact) mass is 345 g/mol. The molecule has 0 radical (unpaired) electrons. The number of benzene rings is 1. The van der Waals surface area contributed by atoms with Gasteiger partial charge < -0.3 is 10.1 Å². The number of carbonyl (C=O) groups excluding carboxylic acids is 1. The Balaban J connectivity index is 3.04. The molecule has 0 unspecified atom stereocenters. The van der Waals surface area contributed by atoms with Gasteiger partial charge in [0.2, 0.25) is 0 Å². The van der Waals surface area contributed by atoms with E-state index in [9.17, 15) is 18.0 Å². The average molecular weight is 345 g/mol. The summed E-state index contributed by atoms with van der Waals surface area (Å²) in [5, 5.41) is 2.31. The molecule has 0 aliphatic heterocycles. The van der Waals surface area contributed by atoms with Gasteiger partial charge in [-0.1, -0.05) is 0 Å². The summed E-state index contributed by atoms with van der Waals surface area (Å²) in [7, 11) is 1.39. The fourth-order valence-corrected chi connectivity index (χ4v) is 1.44. The lowest BCUT2D eigenvalue weighted by Crippen LogP contribution is -2.20. The smallest absolute Gasteiger partial charge is 0.405 e. The van der Waals surface area contributed by atoms with Gasteiger partial charge in [0.25, 0.3) is 5.91 Å². The summed E-state index contributed by atoms with van der Waals surface area (Å²) in [5.74, 6) is -0.849. The molecule has 0 atom stereocenters. The van der Waals surface area contributed by atoms with Crippen LogP contribution in [0.3, 0.4) is 0 Å². The quantitative estimate of drug-likeness (QED) is 0.837. The van der Waals surface area contributed by atoms with E-state index in [1.165, 1.54) is 19.2 Å². The highest BCUT2D eigenvalue weighted by molar-refractivity contribution is 14.1. The van der Waals surface area contributed by atoms with Gasteiger partial charge in [0.05, 0.1) is 3.57 Å². The van der Waals surface area contributed by atoms with Gasteiger partial charge in [-0.15, -0.1) is 13.2 Å². The van der Waals surface area contributed by atoms with E-state index in [4.69, 9.17) is 0 Å². The van der Waals surface area contributed by atoms with Crippen LogP contribution < -0.4 is 10.1 Å². The van der Waals surface area contributed by atoms with E-state index in [1.807, 2.05) is 0 Å². The van der Waals surface area contributed by atoms with Crippen molar-refractivity contribution in [3.05, 3.63) is 27.3 Å². The fourth-order valence-electron chi connectivity index (χ4n) is 0.992. The Kier molecular flexibility index (Phi) is 4.00. The van der Waals surface area contributed by atoms with Crippen molar-refractivity contribution in [2.75, 3.05) is 7.05 Å². The number of alkyl halides is 3. The number of nitrogens with one attached hydrogen (secondary N) is 1. The minimum Gasteiger partial charge on any atom is -0.405 e. The second kappa shape index (κ2) is 4.89. The topological polar surface area (TPSA) is 38.3 Å². The summed E-state index contributed by atoms with van der Waals surface area (Å²) in [6.07, 6.45) is -4.76. The van der Waals surface area contributed by atoms with Crippen molar-refractivity contribution in [3.8, 4) is 5.75 Å². The third-order valence-electron chi connectivity index (χ3n) is 1.65. The van der Waals surface area contributed by atoms with E-state index in [-0.39, 0.29) is 14.9 Å². The normalized spacial score (nSPS) is 11.1. The van der Waals surface area contributed by atoms with Gasteiger partial charge in [-0.3, -0.25) is 4.79 Å². The minimum absolute atomic E-state index is 0.113. The fraction of sp³-hybridized carbons (Fsp3) is 0.222. The van der Waals surface area contributed by atoms with Gasteiger partial charge >= 0.3 is 6.36 Å². The zero-order chi connectivity index (χ0) is 12.3. The number of rotatable bonds is 2. The van der Waals surface area contributed by atoms with Crippen LogP contribution in [-0.2, 0) is 0 Å². The summed E-state index contributed by atoms with van der Waals surface area (Å²) in [6, 6.07) is 3.85. The molecule has 7 heteroatoms. The molecule has 0 saturated carbocycles. The molecular weight excluding hydrogens is 338 g/mol. The Morgan fingerprint density at radius 2 is 2.06 bits per heavy atom. The first-order valence-electron chi connectivity index (χ1n) is 4.11. The van der Waals surface area contributed by atoms with Crippen molar-refractivity contribution in [2.24, 2.45) is 0 Å². The molecule has 0 spiro atoms. The van der Waals surface area contributed by atoms with Crippen LogP contribution in [-0.4, -0.2) is 19.3 Å². The summed E-state index contributed by atoms with van der Waals surface area (Å²) in [6.45, 7) is 0. The molecule has 0 fully saturated rings. The predicted octanol–water partition coefficient (Wildman–Crippen LogP) is 2.55. The lowest BCUT2D eigenvalue weighted by Gasteiger charge is -2.11. The molecule has 0 aliphatic rings. The number of hydrogen-bond donors (Lipinski definition) is 1. The van der Waals surface area contributed by atoms with Crippen LogP contribution in [0.15, 0.2) is 18.2 Å². The third-order valence-corrected chi connectivity index (χ3v) is 2.54. The molecule has 16 heavy (non-hydrogen) atoms. The van der Waals surface area contributed by atoms with Crippen LogP contribution in [0.2, 0.25) is 0 Å². The molecule has 1 N–H and O–H groups in total. The molecule has 0 saturated heterocycles. The van der Waals surface area contributed by atoms with Crippen LogP contribution in [0, 0.1) is 3.57 Å². The second-order valence-electron chi connectivity index (χ2n) is 2.77. The second-order valence-corrected chi connectivity index (χ2v) is 3.93. The Bertz CT molecular complexity index is 406. The molecule has 88 valence electrons. The summed E-state index contributed by atoms with van der Waals surface area (Å²) in [4.78, 5) is 11.2. The van der Waals surface area contributed by atoms with Crippen molar-refractivity contribution >= 4 is 28.5 Å². The Morgan fingerprint density at radius 3 is 2.56 bits per heavy atom. The standard InChI is InChI=1S/C9H7F3INO2/c1-14-8(15)5-2-3-6(13)7(4-5)16-9(10,11)12/h2-4H,1H3,(H,14,15). The van der Waals surface area contributed by atoms with Gasteiger partial charge in [0, 0.05) is 12.6 Å². The molecule has 3 nitrogen and oxygen atoms in total. The third kappa shape index (κ3) is 3.54. The first kappa shape index (κ1) is 13.1. The first-order valence-corrected chi connectivity index (χ1v) is 5.19. The van der Waals surface area contributed by atoms with Gasteiger partial charge in [-0.05, 0) is 40.8 Å². The molecule has 1 aromatic carbocycles. The number of halogens is 4. The van der Waals surface area contributed by atoms with Gasteiger partial charge in [-0.2, -0.15) is 0 Å². The van der Waals surface area contributed by atoms with Crippen LogP contribution in [0.25, 0.3) is 0 Å². The van der Waals surface area contributed by atoms with Gasteiger partial charge in [-0.25, -0.2) is 0 Å². The first-order chi connectivity index (χ1) is 7.33. The summed E-state index contributed by atoms with van der Waals surface area (Å²) in [5.41, 5.74) is 0.113. The van der Waals surface area contributed by atoms with E-state index in [0.717, 1.165) is 6.07 Å². The van der Waals surface area contributed by atoms with Crippen molar-refractivity contribution < 1.29 is 22.7 Å². The van der Waals surface area contributed by atoms with E-state index in [0.29, 0.717) is 0 Å². The summed E-state index contributed by atoms with van der Waals surface area (Å²) >= 11 is 1.70. The van der Waals surface area contributed by atoms with E-state index in [2.05, 4.69) is 10.1 Å². The summed E-state index contributed by atoms with van der Waals surface area (Å²) < 4.78 is 40.1. The molecule has 0 heterocycles. The highest BCUT2D eigenvalue weighted by atomic mass is 127. The van der Waals surface area contributed by atoms with Crippen LogP contribution >= 0.6 is 22.6 Å². The van der Waals surface area contributed by atoms with Crippen LogP contribution in [0.4, 0.5) is 13.2 Å². The number of amides is 1. The maximum atomic E-state index is 12.0. The molecular formula is C9H7F3INO2. The average Bonchev–Trinajstić information content (AvgIpc) is 2.18. The van der Waals surface area contributed by atoms with E-state index < -0.39 is 12.3 Å². The van der Waals surface area contributed by atoms with Crippen LogP contribution in [0.5, 0.6) is 5.75 Å². The van der Waals surface area contributed by atoms with Crippen molar-refractivity contribution in [2.45, 2.75) is 6.36 Å². The molecule has 1 aromatic rings. The van der Waals surface area contributed by atoms with E-state index >= 15 is 0 Å². The van der Waals surface area contributed by atoms with Gasteiger partial charge in [0.15, 0.2) is 0 Å². The maximum absolute atomic E-state index is 12.0. The predicted molar refractivity (Wildman–Crippen MR) is 59.2 cm³/mol. The zero-order valence-electron chi connectivity index (χ0n) is 8.06. The van der Waals surface area contributed by atoms with Gasteiger partial charge in [0.1, 0.15) is 5.75 Å². The highest BCUT2D eigenvalue weighted by Crippen LogP contribution is 2.28. The van der Waals surface area contributed by atoms with Crippen molar-refractivity contribution in [1.29, 1.82) is 0 Å². The minimum atomic E-state index is -4.76. The number of hydrogen-bond acceptors (Lipinski definition) is 2. The number of carbonyl (C=O) groups is 1. The Hall–Kier alpha value is -0.990. The molecule has 0 bridgehead atoms. The maximum Gasteiger partial charge on any atom is 0.573 e. The Morgan fingerprint density at radius 1 is 1.44 bits per heavy atom. The largest absolute Gasteiger partial charge is 0.573 e. The van der Waals surface area contributed by atoms with E-state index in [1.54, 1.807) is 22.6 Å². The Labute approximate surface area is 103 Å². The lowest BCUT2D eigenvalue weighted by molar-refractivity contribution is -0.274. The SMILES string of the molecule is CNC(=O)c1ccc(I)c(OC(F)(F)F)c1. The molecule has 0 aliphatic carbocycles. The van der Waals surface area contributed by atoms with Crippen molar-refractivity contribution in [1.82, 2.24) is 5.32 Å². The molecule has 0 aromatic heterocycles. The number of ether oxygens (including phenoxy) is 1.